The molecule has 0 bridgehead atoms. The van der Waals surface area contributed by atoms with Crippen LogP contribution < -0.4 is 10.2 Å². The Labute approximate surface area is 169 Å². The molecule has 8 nitrogen and oxygen atoms in total. The molecule has 0 amide bonds. The molecule has 0 aromatic carbocycles. The van der Waals surface area contributed by atoms with Crippen LogP contribution >= 0.6 is 0 Å². The van der Waals surface area contributed by atoms with Gasteiger partial charge in [-0.05, 0) is 33.3 Å². The molecule has 2 atom stereocenters. The van der Waals surface area contributed by atoms with Crippen molar-refractivity contribution in [2.24, 2.45) is 0 Å². The number of hydrogen-bond acceptors (Lipinski definition) is 7. The zero-order valence-corrected chi connectivity index (χ0v) is 17.1. The van der Waals surface area contributed by atoms with Crippen LogP contribution in [0.1, 0.15) is 32.1 Å². The first-order chi connectivity index (χ1) is 14.0. The monoisotopic (exact) mass is 399 g/mol. The normalized spacial score (nSPS) is 19.9. The van der Waals surface area contributed by atoms with Crippen molar-refractivity contribution in [3.05, 3.63) is 30.4 Å². The Bertz CT molecular complexity index is 1010. The van der Waals surface area contributed by atoms with E-state index >= 15 is 0 Å². The van der Waals surface area contributed by atoms with Gasteiger partial charge in [0.2, 0.25) is 5.95 Å². The van der Waals surface area contributed by atoms with Gasteiger partial charge in [0.25, 0.3) is 0 Å². The largest absolute Gasteiger partial charge is 0.378 e. The number of aromatic nitrogens is 5. The topological polar surface area (TPSA) is 81.0 Å². The fourth-order valence-electron chi connectivity index (χ4n) is 3.87. The molecule has 1 aliphatic rings. The van der Waals surface area contributed by atoms with Crippen molar-refractivity contribution in [1.29, 1.82) is 0 Å². The Morgan fingerprint density at radius 1 is 1.24 bits per heavy atom. The average molecular weight is 399 g/mol. The summed E-state index contributed by atoms with van der Waals surface area (Å²) < 4.78 is 21.6. The molecule has 0 spiro atoms. The molecule has 3 aromatic rings. The van der Waals surface area contributed by atoms with E-state index in [0.29, 0.717) is 36.6 Å². The summed E-state index contributed by atoms with van der Waals surface area (Å²) in [7, 11) is 1.55. The lowest BCUT2D eigenvalue weighted by molar-refractivity contribution is 0.0194. The number of ether oxygens (including phenoxy) is 1. The fraction of sp³-hybridized carbons (Fsp3) is 0.500. The van der Waals surface area contributed by atoms with Gasteiger partial charge in [-0.3, -0.25) is 0 Å². The number of alkyl halides is 1. The molecule has 9 heteroatoms. The fourth-order valence-corrected chi connectivity index (χ4v) is 3.87. The lowest BCUT2D eigenvalue weighted by atomic mass is 10.1. The molecule has 1 fully saturated rings. The summed E-state index contributed by atoms with van der Waals surface area (Å²) in [5, 5.41) is 3.23. The molecule has 3 aromatic heterocycles. The minimum absolute atomic E-state index is 0.221. The Morgan fingerprint density at radius 3 is 2.79 bits per heavy atom. The van der Waals surface area contributed by atoms with E-state index < -0.39 is 6.17 Å². The molecule has 29 heavy (non-hydrogen) atoms. The number of hydrogen-bond donors (Lipinski definition) is 1. The van der Waals surface area contributed by atoms with E-state index in [0.717, 1.165) is 16.9 Å². The van der Waals surface area contributed by atoms with Gasteiger partial charge in [-0.1, -0.05) is 0 Å². The molecule has 4 rings (SSSR count). The number of rotatable bonds is 5. The maximum absolute atomic E-state index is 14.2. The van der Waals surface area contributed by atoms with Gasteiger partial charge in [-0.15, -0.1) is 0 Å². The molecular weight excluding hydrogens is 373 g/mol. The smallest absolute Gasteiger partial charge is 0.227 e. The molecule has 154 valence electrons. The highest BCUT2D eigenvalue weighted by molar-refractivity contribution is 5.79. The van der Waals surface area contributed by atoms with Crippen LogP contribution in [-0.4, -0.2) is 57.0 Å². The van der Waals surface area contributed by atoms with Crippen molar-refractivity contribution in [3.63, 3.8) is 0 Å². The van der Waals surface area contributed by atoms with Crippen LogP contribution in [-0.2, 0) is 4.74 Å². The van der Waals surface area contributed by atoms with Crippen molar-refractivity contribution in [2.45, 2.75) is 45.5 Å². The van der Waals surface area contributed by atoms with E-state index in [1.165, 1.54) is 0 Å². The molecule has 1 aliphatic heterocycles. The van der Waals surface area contributed by atoms with E-state index in [4.69, 9.17) is 4.74 Å². The molecule has 0 saturated carbocycles. The van der Waals surface area contributed by atoms with Crippen LogP contribution in [0.2, 0.25) is 0 Å². The molecule has 1 saturated heterocycles. The van der Waals surface area contributed by atoms with Crippen LogP contribution in [0.4, 0.5) is 22.0 Å². The van der Waals surface area contributed by atoms with Gasteiger partial charge in [-0.2, -0.15) is 4.98 Å². The third kappa shape index (κ3) is 3.87. The van der Waals surface area contributed by atoms with Crippen molar-refractivity contribution >= 4 is 28.6 Å². The molecular formula is C20H26FN7O. The molecule has 0 unspecified atom stereocenters. The zero-order chi connectivity index (χ0) is 20.5. The molecule has 4 heterocycles. The first kappa shape index (κ1) is 19.5. The van der Waals surface area contributed by atoms with Crippen molar-refractivity contribution < 1.29 is 9.13 Å². The van der Waals surface area contributed by atoms with Gasteiger partial charge in [0.15, 0.2) is 0 Å². The summed E-state index contributed by atoms with van der Waals surface area (Å²) >= 11 is 0. The Balaban J connectivity index is 1.56. The number of halogens is 1. The predicted molar refractivity (Wildman–Crippen MR) is 110 cm³/mol. The third-order valence-electron chi connectivity index (χ3n) is 5.23. The summed E-state index contributed by atoms with van der Waals surface area (Å²) in [6.45, 7) is 7.12. The summed E-state index contributed by atoms with van der Waals surface area (Å²) in [5.41, 5.74) is 1.88. The van der Waals surface area contributed by atoms with Gasteiger partial charge < -0.3 is 19.5 Å². The van der Waals surface area contributed by atoms with Gasteiger partial charge in [0.05, 0.1) is 24.4 Å². The van der Waals surface area contributed by atoms with Gasteiger partial charge in [-0.25, -0.2) is 19.3 Å². The number of fused-ring (bicyclic) bond motifs is 1. The van der Waals surface area contributed by atoms with E-state index in [1.807, 2.05) is 17.9 Å². The van der Waals surface area contributed by atoms with Crippen molar-refractivity contribution in [1.82, 2.24) is 24.5 Å². The molecule has 0 aliphatic carbocycles. The quantitative estimate of drug-likeness (QED) is 0.704. The van der Waals surface area contributed by atoms with E-state index in [-0.39, 0.29) is 12.6 Å². The highest BCUT2D eigenvalue weighted by atomic mass is 19.1. The van der Waals surface area contributed by atoms with Crippen LogP contribution in [0.15, 0.2) is 24.5 Å². The van der Waals surface area contributed by atoms with Crippen LogP contribution in [0, 0.1) is 6.92 Å². The Kier molecular flexibility index (Phi) is 5.31. The number of aryl methyl sites for hydroxylation is 1. The first-order valence-corrected chi connectivity index (χ1v) is 9.82. The van der Waals surface area contributed by atoms with Gasteiger partial charge in [0.1, 0.15) is 29.1 Å². The summed E-state index contributed by atoms with van der Waals surface area (Å²) in [4.78, 5) is 19.7. The second-order valence-electron chi connectivity index (χ2n) is 7.57. The maximum Gasteiger partial charge on any atom is 0.227 e. The Hall–Kier alpha value is -2.81. The third-order valence-corrected chi connectivity index (χ3v) is 5.23. The van der Waals surface area contributed by atoms with E-state index in [1.54, 1.807) is 25.6 Å². The number of pyridine rings is 1. The highest BCUT2D eigenvalue weighted by Gasteiger charge is 2.30. The maximum atomic E-state index is 14.2. The van der Waals surface area contributed by atoms with Gasteiger partial charge in [0, 0.05) is 32.0 Å². The second-order valence-corrected chi connectivity index (χ2v) is 7.57. The predicted octanol–water partition coefficient (Wildman–Crippen LogP) is 3.42. The number of nitrogens with one attached hydrogen (secondary N) is 1. The zero-order valence-electron chi connectivity index (χ0n) is 17.1. The van der Waals surface area contributed by atoms with Crippen LogP contribution in [0.25, 0.3) is 11.0 Å². The standard InChI is InChI=1S/C20H26FN7O/c1-12(2)28-13(3)24-15-10-23-19(9-16(15)28)25-18-5-7-22-20(26-18)27-8-6-17(29-4)14(21)11-27/h5,7,9-10,12,14,17H,6,8,11H2,1-4H3,(H,22,23,25,26)/t14-,17+/m1/s1. The van der Waals surface area contributed by atoms with Crippen molar-refractivity contribution in [3.8, 4) is 0 Å². The summed E-state index contributed by atoms with van der Waals surface area (Å²) in [5.74, 6) is 2.73. The SMILES string of the molecule is CO[C@H]1CCN(c2nccc(Nc3cc4c(cn3)nc(C)n4C(C)C)n2)C[C@H]1F. The van der Waals surface area contributed by atoms with E-state index in [2.05, 4.69) is 43.7 Å². The summed E-state index contributed by atoms with van der Waals surface area (Å²) in [6.07, 6.45) is 2.61. The minimum atomic E-state index is -1.06. The second kappa shape index (κ2) is 7.90. The number of nitrogens with zero attached hydrogens (tertiary/aromatic N) is 6. The number of methoxy groups -OCH3 is 1. The van der Waals surface area contributed by atoms with Gasteiger partial charge >= 0.3 is 0 Å². The average Bonchev–Trinajstić information content (AvgIpc) is 3.03. The number of piperidine rings is 1. The highest BCUT2D eigenvalue weighted by Crippen LogP contribution is 2.25. The van der Waals surface area contributed by atoms with Crippen LogP contribution in [0.3, 0.4) is 0 Å². The van der Waals surface area contributed by atoms with E-state index in [9.17, 15) is 4.39 Å². The summed E-state index contributed by atoms with van der Waals surface area (Å²) in [6, 6.07) is 4.04. The molecule has 0 radical (unpaired) electrons. The minimum Gasteiger partial charge on any atom is -0.378 e. The lowest BCUT2D eigenvalue weighted by Gasteiger charge is -2.33. The van der Waals surface area contributed by atoms with Crippen LogP contribution in [0.5, 0.6) is 0 Å². The number of anilines is 3. The first-order valence-electron chi connectivity index (χ1n) is 9.82. The Morgan fingerprint density at radius 2 is 2.07 bits per heavy atom. The lowest BCUT2D eigenvalue weighted by Crippen LogP contribution is -2.46. The van der Waals surface area contributed by atoms with Crippen molar-refractivity contribution in [2.75, 3.05) is 30.4 Å². The number of imidazole rings is 1. The molecule has 1 N–H and O–H groups in total.